The molecule has 6 nitrogen and oxygen atoms in total. The van der Waals surface area contributed by atoms with Crippen LogP contribution in [0.2, 0.25) is 0 Å². The van der Waals surface area contributed by atoms with Gasteiger partial charge in [0.1, 0.15) is 5.75 Å². The van der Waals surface area contributed by atoms with E-state index in [0.717, 1.165) is 47.8 Å². The lowest BCUT2D eigenvalue weighted by molar-refractivity contribution is -0.131. The van der Waals surface area contributed by atoms with Gasteiger partial charge in [-0.05, 0) is 55.0 Å². The monoisotopic (exact) mass is 441 g/mol. The van der Waals surface area contributed by atoms with Crippen molar-refractivity contribution in [3.63, 3.8) is 0 Å². The van der Waals surface area contributed by atoms with Gasteiger partial charge in [0.05, 0.1) is 13.7 Å². The fraction of sp³-hybridized carbons (Fsp3) is 0.417. The average Bonchev–Trinajstić information content (AvgIpc) is 3.03. The highest BCUT2D eigenvalue weighted by molar-refractivity contribution is 7.98. The summed E-state index contributed by atoms with van der Waals surface area (Å²) in [6, 6.07) is 15.7. The molecule has 3 rings (SSSR count). The van der Waals surface area contributed by atoms with E-state index in [4.69, 9.17) is 4.74 Å². The van der Waals surface area contributed by atoms with E-state index in [1.165, 1.54) is 0 Å². The first-order valence-corrected chi connectivity index (χ1v) is 11.9. The van der Waals surface area contributed by atoms with Crippen LogP contribution in [0.1, 0.15) is 18.4 Å². The van der Waals surface area contributed by atoms with E-state index in [1.54, 1.807) is 18.9 Å². The van der Waals surface area contributed by atoms with Crippen molar-refractivity contribution in [1.82, 2.24) is 9.80 Å². The Bertz CT molecular complexity index is 873. The van der Waals surface area contributed by atoms with Gasteiger partial charge in [0, 0.05) is 43.2 Å². The van der Waals surface area contributed by atoms with Gasteiger partial charge >= 0.3 is 0 Å². The Labute approximate surface area is 188 Å². The minimum atomic E-state index is -0.0162. The summed E-state index contributed by atoms with van der Waals surface area (Å²) < 4.78 is 5.18. The van der Waals surface area contributed by atoms with Gasteiger partial charge in [-0.15, -0.1) is 11.8 Å². The number of aryl methyl sites for hydroxylation is 1. The first kappa shape index (κ1) is 23.2. The van der Waals surface area contributed by atoms with Gasteiger partial charge in [0.25, 0.3) is 0 Å². The zero-order valence-corrected chi connectivity index (χ0v) is 19.1. The van der Waals surface area contributed by atoms with E-state index < -0.39 is 0 Å². The van der Waals surface area contributed by atoms with Crippen LogP contribution in [0.5, 0.6) is 5.75 Å². The van der Waals surface area contributed by atoms with Crippen LogP contribution in [0.15, 0.2) is 53.4 Å². The largest absolute Gasteiger partial charge is 0.497 e. The molecule has 166 valence electrons. The predicted molar refractivity (Wildman–Crippen MR) is 126 cm³/mol. The molecule has 31 heavy (non-hydrogen) atoms. The van der Waals surface area contributed by atoms with Gasteiger partial charge in [-0.3, -0.25) is 14.5 Å². The number of carbonyl (C=O) groups excluding carboxylic acids is 2. The van der Waals surface area contributed by atoms with Gasteiger partial charge in [0.15, 0.2) is 0 Å². The van der Waals surface area contributed by atoms with E-state index in [1.807, 2.05) is 59.7 Å². The number of methoxy groups -OCH3 is 1. The summed E-state index contributed by atoms with van der Waals surface area (Å²) in [7, 11) is 1.65. The Morgan fingerprint density at radius 2 is 1.87 bits per heavy atom. The molecule has 0 atom stereocenters. The SMILES string of the molecule is COc1ccc(CCC(=O)N2CCCN(CC(=O)Nc3cccc(SC)c3)CC2)cc1. The van der Waals surface area contributed by atoms with Gasteiger partial charge in [-0.2, -0.15) is 0 Å². The van der Waals surface area contributed by atoms with Gasteiger partial charge < -0.3 is 15.0 Å². The van der Waals surface area contributed by atoms with Crippen LogP contribution >= 0.6 is 11.8 Å². The Kier molecular flexibility index (Phi) is 8.79. The maximum absolute atomic E-state index is 12.7. The number of benzene rings is 2. The molecule has 0 spiro atoms. The third kappa shape index (κ3) is 7.29. The molecule has 0 radical (unpaired) electrons. The predicted octanol–water partition coefficient (Wildman–Crippen LogP) is 3.52. The fourth-order valence-corrected chi connectivity index (χ4v) is 4.14. The number of hydrogen-bond donors (Lipinski definition) is 1. The molecule has 7 heteroatoms. The van der Waals surface area contributed by atoms with Crippen molar-refractivity contribution in [2.75, 3.05) is 51.4 Å². The number of carbonyl (C=O) groups is 2. The Morgan fingerprint density at radius 1 is 1.06 bits per heavy atom. The van der Waals surface area contributed by atoms with Crippen molar-refractivity contribution >= 4 is 29.3 Å². The first-order chi connectivity index (χ1) is 15.1. The van der Waals surface area contributed by atoms with Gasteiger partial charge in [0.2, 0.25) is 11.8 Å². The summed E-state index contributed by atoms with van der Waals surface area (Å²) in [5.41, 5.74) is 1.95. The highest BCUT2D eigenvalue weighted by Crippen LogP contribution is 2.19. The number of nitrogens with one attached hydrogen (secondary N) is 1. The van der Waals surface area contributed by atoms with Crippen LogP contribution in [0.3, 0.4) is 0 Å². The molecule has 1 fully saturated rings. The van der Waals surface area contributed by atoms with E-state index >= 15 is 0 Å². The van der Waals surface area contributed by atoms with Gasteiger partial charge in [-0.25, -0.2) is 0 Å². The number of anilines is 1. The molecule has 2 aromatic carbocycles. The van der Waals surface area contributed by atoms with Crippen LogP contribution in [0.4, 0.5) is 5.69 Å². The molecule has 0 saturated carbocycles. The molecule has 0 unspecified atom stereocenters. The number of nitrogens with zero attached hydrogens (tertiary/aromatic N) is 2. The Balaban J connectivity index is 1.43. The van der Waals surface area contributed by atoms with E-state index in [2.05, 4.69) is 10.2 Å². The standard InChI is InChI=1S/C24H31N3O3S/c1-30-21-10-7-19(8-11-21)9-12-24(29)27-14-4-13-26(15-16-27)18-23(28)25-20-5-3-6-22(17-20)31-2/h3,5-8,10-11,17H,4,9,12-16,18H2,1-2H3,(H,25,28). The van der Waals surface area contributed by atoms with Crippen LogP contribution < -0.4 is 10.1 Å². The topological polar surface area (TPSA) is 61.9 Å². The van der Waals surface area contributed by atoms with Crippen molar-refractivity contribution in [2.45, 2.75) is 24.2 Å². The molecule has 1 aliphatic rings. The van der Waals surface area contributed by atoms with Crippen molar-refractivity contribution in [2.24, 2.45) is 0 Å². The summed E-state index contributed by atoms with van der Waals surface area (Å²) in [5, 5.41) is 2.98. The van der Waals surface area contributed by atoms with Crippen molar-refractivity contribution in [1.29, 1.82) is 0 Å². The second kappa shape index (κ2) is 11.8. The molecule has 2 amide bonds. The third-order valence-corrected chi connectivity index (χ3v) is 6.17. The highest BCUT2D eigenvalue weighted by Gasteiger charge is 2.20. The second-order valence-corrected chi connectivity index (χ2v) is 8.52. The molecule has 2 aromatic rings. The summed E-state index contributed by atoms with van der Waals surface area (Å²) >= 11 is 1.65. The number of ether oxygens (including phenoxy) is 1. The summed E-state index contributed by atoms with van der Waals surface area (Å²) in [5.74, 6) is 0.984. The average molecular weight is 442 g/mol. The fourth-order valence-electron chi connectivity index (χ4n) is 3.68. The van der Waals surface area contributed by atoms with E-state index in [-0.39, 0.29) is 11.8 Å². The van der Waals surface area contributed by atoms with E-state index in [0.29, 0.717) is 26.1 Å². The van der Waals surface area contributed by atoms with Crippen molar-refractivity contribution in [3.05, 3.63) is 54.1 Å². The number of amides is 2. The maximum atomic E-state index is 12.7. The smallest absolute Gasteiger partial charge is 0.238 e. The maximum Gasteiger partial charge on any atom is 0.238 e. The number of rotatable bonds is 8. The normalized spacial score (nSPS) is 14.7. The lowest BCUT2D eigenvalue weighted by Gasteiger charge is -2.22. The van der Waals surface area contributed by atoms with Crippen molar-refractivity contribution in [3.8, 4) is 5.75 Å². The van der Waals surface area contributed by atoms with Crippen LogP contribution in [0.25, 0.3) is 0 Å². The molecule has 1 heterocycles. The molecular weight excluding hydrogens is 410 g/mol. The minimum Gasteiger partial charge on any atom is -0.497 e. The highest BCUT2D eigenvalue weighted by atomic mass is 32.2. The lowest BCUT2D eigenvalue weighted by Crippen LogP contribution is -2.38. The lowest BCUT2D eigenvalue weighted by atomic mass is 10.1. The third-order valence-electron chi connectivity index (χ3n) is 5.45. The Morgan fingerprint density at radius 3 is 2.61 bits per heavy atom. The molecule has 1 saturated heterocycles. The van der Waals surface area contributed by atoms with Gasteiger partial charge in [-0.1, -0.05) is 18.2 Å². The molecule has 1 aliphatic heterocycles. The molecule has 1 N–H and O–H groups in total. The molecule has 0 aliphatic carbocycles. The molecule has 0 aromatic heterocycles. The number of hydrogen-bond acceptors (Lipinski definition) is 5. The van der Waals surface area contributed by atoms with Crippen LogP contribution in [-0.2, 0) is 16.0 Å². The molecule has 0 bridgehead atoms. The zero-order valence-electron chi connectivity index (χ0n) is 18.3. The summed E-state index contributed by atoms with van der Waals surface area (Å²) in [6.45, 7) is 3.29. The summed E-state index contributed by atoms with van der Waals surface area (Å²) in [4.78, 5) is 30.3. The second-order valence-electron chi connectivity index (χ2n) is 7.64. The van der Waals surface area contributed by atoms with Crippen molar-refractivity contribution < 1.29 is 14.3 Å². The van der Waals surface area contributed by atoms with Crippen LogP contribution in [-0.4, -0.2) is 67.7 Å². The number of thioether (sulfide) groups is 1. The Hall–Kier alpha value is -2.51. The quantitative estimate of drug-likeness (QED) is 0.635. The summed E-state index contributed by atoms with van der Waals surface area (Å²) in [6.07, 6.45) is 4.12. The van der Waals surface area contributed by atoms with Crippen LogP contribution in [0, 0.1) is 0 Å². The first-order valence-electron chi connectivity index (χ1n) is 10.6. The minimum absolute atomic E-state index is 0.0162. The van der Waals surface area contributed by atoms with E-state index in [9.17, 15) is 9.59 Å². The molecular formula is C24H31N3O3S. The zero-order chi connectivity index (χ0) is 22.1.